The maximum atomic E-state index is 5.84. The Morgan fingerprint density at radius 1 is 1.00 bits per heavy atom. The molecule has 0 saturated heterocycles. The van der Waals surface area contributed by atoms with Crippen LogP contribution in [-0.2, 0) is 13.3 Å². The maximum Gasteiger partial charge on any atom is 0.529 e. The van der Waals surface area contributed by atoms with Crippen LogP contribution in [0.25, 0.3) is 0 Å². The smallest absolute Gasteiger partial charge is 0.371 e. The second-order valence-corrected chi connectivity index (χ2v) is 6.74. The van der Waals surface area contributed by atoms with Crippen LogP contribution in [0.15, 0.2) is 23.4 Å². The van der Waals surface area contributed by atoms with Gasteiger partial charge in [0.1, 0.15) is 0 Å². The molecule has 0 N–H and O–H groups in total. The van der Waals surface area contributed by atoms with Gasteiger partial charge in [0, 0.05) is 19.8 Å². The van der Waals surface area contributed by atoms with E-state index in [0.717, 1.165) is 12.8 Å². The molecule has 4 heteroatoms. The van der Waals surface area contributed by atoms with Gasteiger partial charge in [-0.25, -0.2) is 0 Å². The normalized spacial score (nSPS) is 19.5. The molecule has 1 saturated carbocycles. The van der Waals surface area contributed by atoms with E-state index >= 15 is 0 Å². The van der Waals surface area contributed by atoms with Gasteiger partial charge < -0.3 is 13.3 Å². The summed E-state index contributed by atoms with van der Waals surface area (Å²) in [6.45, 7) is 11.9. The molecule has 0 spiro atoms. The van der Waals surface area contributed by atoms with Gasteiger partial charge >= 0.3 is 8.80 Å². The van der Waals surface area contributed by atoms with Gasteiger partial charge in [0.25, 0.3) is 0 Å². The summed E-state index contributed by atoms with van der Waals surface area (Å²) >= 11 is 0. The quantitative estimate of drug-likeness (QED) is 0.661. The lowest BCUT2D eigenvalue weighted by Gasteiger charge is -2.28. The fraction of sp³-hybridized carbons (Fsp3) is 0.714. The Morgan fingerprint density at radius 2 is 1.50 bits per heavy atom. The average Bonchev–Trinajstić information content (AvgIpc) is 2.33. The lowest BCUT2D eigenvalue weighted by molar-refractivity contribution is 0.0840. The van der Waals surface area contributed by atoms with Crippen molar-refractivity contribution in [3.63, 3.8) is 0 Å². The zero-order valence-corrected chi connectivity index (χ0v) is 13.0. The van der Waals surface area contributed by atoms with Crippen molar-refractivity contribution in [3.8, 4) is 0 Å². The topological polar surface area (TPSA) is 27.7 Å². The van der Waals surface area contributed by atoms with E-state index < -0.39 is 8.80 Å². The van der Waals surface area contributed by atoms with E-state index in [9.17, 15) is 0 Å². The van der Waals surface area contributed by atoms with Crippen LogP contribution in [0, 0.1) is 0 Å². The summed E-state index contributed by atoms with van der Waals surface area (Å²) in [6, 6.07) is 0. The Morgan fingerprint density at radius 3 is 1.94 bits per heavy atom. The van der Waals surface area contributed by atoms with Crippen LogP contribution in [-0.4, -0.2) is 28.6 Å². The summed E-state index contributed by atoms with van der Waals surface area (Å²) in [6.07, 6.45) is 4.61. The molecule has 1 rings (SSSR count). The molecule has 1 fully saturated rings. The molecular weight excluding hydrogens is 244 g/mol. The fourth-order valence-electron chi connectivity index (χ4n) is 2.23. The lowest BCUT2D eigenvalue weighted by atomic mass is 9.92. The van der Waals surface area contributed by atoms with Crippen molar-refractivity contribution in [3.05, 3.63) is 23.4 Å². The highest BCUT2D eigenvalue weighted by Crippen LogP contribution is 2.29. The third-order valence-corrected chi connectivity index (χ3v) is 5.79. The average molecular weight is 270 g/mol. The first-order valence-corrected chi connectivity index (χ1v) is 8.79. The molecule has 3 nitrogen and oxygen atoms in total. The largest absolute Gasteiger partial charge is 0.529 e. The van der Waals surface area contributed by atoms with Crippen molar-refractivity contribution < 1.29 is 13.3 Å². The second kappa shape index (κ2) is 7.89. The molecule has 0 aliphatic heterocycles. The first-order valence-electron chi connectivity index (χ1n) is 6.99. The van der Waals surface area contributed by atoms with Crippen molar-refractivity contribution in [2.24, 2.45) is 0 Å². The van der Waals surface area contributed by atoms with E-state index in [4.69, 9.17) is 13.3 Å². The van der Waals surface area contributed by atoms with Crippen LogP contribution in [0.3, 0.4) is 0 Å². The van der Waals surface area contributed by atoms with Gasteiger partial charge in [0.05, 0.1) is 0 Å². The SMILES string of the molecule is C=C1CCCC/C1=C/[Si](OCC)(OCC)OCC. The number of hydrogen-bond donors (Lipinski definition) is 0. The van der Waals surface area contributed by atoms with Gasteiger partial charge in [-0.2, -0.15) is 0 Å². The molecule has 0 aromatic carbocycles. The molecule has 18 heavy (non-hydrogen) atoms. The minimum Gasteiger partial charge on any atom is -0.371 e. The van der Waals surface area contributed by atoms with Gasteiger partial charge in [-0.15, -0.1) is 0 Å². The lowest BCUT2D eigenvalue weighted by Crippen LogP contribution is -2.45. The monoisotopic (exact) mass is 270 g/mol. The zero-order valence-electron chi connectivity index (χ0n) is 12.0. The fourth-order valence-corrected chi connectivity index (χ4v) is 4.71. The Hall–Kier alpha value is -0.423. The molecule has 0 unspecified atom stereocenters. The highest BCUT2D eigenvalue weighted by molar-refractivity contribution is 6.66. The van der Waals surface area contributed by atoms with E-state index in [1.54, 1.807) is 0 Å². The Kier molecular flexibility index (Phi) is 6.85. The van der Waals surface area contributed by atoms with Crippen molar-refractivity contribution in [1.29, 1.82) is 0 Å². The molecule has 0 aromatic rings. The number of hydrogen-bond acceptors (Lipinski definition) is 3. The predicted molar refractivity (Wildman–Crippen MR) is 76.3 cm³/mol. The van der Waals surface area contributed by atoms with E-state index in [1.165, 1.54) is 24.0 Å². The third-order valence-electron chi connectivity index (χ3n) is 3.02. The van der Waals surface area contributed by atoms with Crippen LogP contribution in [0.1, 0.15) is 46.5 Å². The highest BCUT2D eigenvalue weighted by Gasteiger charge is 2.39. The third kappa shape index (κ3) is 4.35. The highest BCUT2D eigenvalue weighted by atomic mass is 28.4. The summed E-state index contributed by atoms with van der Waals surface area (Å²) in [5, 5.41) is 0. The van der Waals surface area contributed by atoms with Gasteiger partial charge in [-0.3, -0.25) is 0 Å². The molecule has 0 bridgehead atoms. The summed E-state index contributed by atoms with van der Waals surface area (Å²) in [4.78, 5) is 0. The minimum atomic E-state index is -2.65. The molecule has 0 amide bonds. The first kappa shape index (κ1) is 15.6. The summed E-state index contributed by atoms with van der Waals surface area (Å²) in [5.41, 5.74) is 4.62. The Balaban J connectivity index is 2.92. The predicted octanol–water partition coefficient (Wildman–Crippen LogP) is 3.63. The minimum absolute atomic E-state index is 0.614. The molecule has 0 aromatic heterocycles. The van der Waals surface area contributed by atoms with Gasteiger partial charge in [-0.1, -0.05) is 12.2 Å². The van der Waals surface area contributed by atoms with Gasteiger partial charge in [-0.05, 0) is 57.7 Å². The molecule has 104 valence electrons. The van der Waals surface area contributed by atoms with Crippen LogP contribution in [0.2, 0.25) is 0 Å². The van der Waals surface area contributed by atoms with Gasteiger partial charge in [0.15, 0.2) is 0 Å². The standard InChI is InChI=1S/C14H26O3Si/c1-5-15-18(16-6-2,17-7-3)12-14-11-9-8-10-13(14)4/h12H,4-11H2,1-3H3/b14-12-. The molecule has 1 aliphatic rings. The van der Waals surface area contributed by atoms with Gasteiger partial charge in [0.2, 0.25) is 0 Å². The number of rotatable bonds is 7. The molecule has 0 heterocycles. The van der Waals surface area contributed by atoms with Crippen molar-refractivity contribution in [1.82, 2.24) is 0 Å². The molecular formula is C14H26O3Si. The zero-order chi connectivity index (χ0) is 13.4. The maximum absolute atomic E-state index is 5.84. The van der Waals surface area contributed by atoms with Crippen molar-refractivity contribution >= 4 is 8.80 Å². The number of allylic oxidation sites excluding steroid dienone is 2. The summed E-state index contributed by atoms with van der Waals surface area (Å²) in [7, 11) is -2.65. The van der Waals surface area contributed by atoms with E-state index in [2.05, 4.69) is 12.3 Å². The van der Waals surface area contributed by atoms with Crippen LogP contribution in [0.5, 0.6) is 0 Å². The van der Waals surface area contributed by atoms with Crippen LogP contribution < -0.4 is 0 Å². The molecule has 0 atom stereocenters. The van der Waals surface area contributed by atoms with Crippen molar-refractivity contribution in [2.75, 3.05) is 19.8 Å². The van der Waals surface area contributed by atoms with E-state index in [-0.39, 0.29) is 0 Å². The van der Waals surface area contributed by atoms with E-state index in [0.29, 0.717) is 19.8 Å². The Labute approximate surface area is 112 Å². The van der Waals surface area contributed by atoms with Crippen LogP contribution >= 0.6 is 0 Å². The summed E-state index contributed by atoms with van der Waals surface area (Å²) in [5.74, 6) is 0. The molecule has 0 radical (unpaired) electrons. The molecule has 1 aliphatic carbocycles. The summed E-state index contributed by atoms with van der Waals surface area (Å²) < 4.78 is 17.5. The van der Waals surface area contributed by atoms with Crippen LogP contribution in [0.4, 0.5) is 0 Å². The van der Waals surface area contributed by atoms with E-state index in [1.807, 2.05) is 20.8 Å². The Bertz CT molecular complexity index is 282. The first-order chi connectivity index (χ1) is 8.67. The van der Waals surface area contributed by atoms with Crippen molar-refractivity contribution in [2.45, 2.75) is 46.5 Å². The second-order valence-electron chi connectivity index (χ2n) is 4.38.